The van der Waals surface area contributed by atoms with Crippen molar-refractivity contribution in [3.63, 3.8) is 0 Å². The molecule has 2 bridgehead atoms. The van der Waals surface area contributed by atoms with Crippen molar-refractivity contribution in [2.75, 3.05) is 0 Å². The summed E-state index contributed by atoms with van der Waals surface area (Å²) in [5, 5.41) is 9.70. The molecule has 0 saturated carbocycles. The average Bonchev–Trinajstić information content (AvgIpc) is 1.99. The molecular formula is C9H16O2. The molecule has 2 fully saturated rings. The molecule has 0 aliphatic carbocycles. The number of rotatable bonds is 0. The van der Waals surface area contributed by atoms with Crippen molar-refractivity contribution in [2.24, 2.45) is 0 Å². The number of hydrogen-bond donors (Lipinski definition) is 1. The summed E-state index contributed by atoms with van der Waals surface area (Å²) in [6, 6.07) is 0. The Labute approximate surface area is 67.6 Å². The van der Waals surface area contributed by atoms with Crippen molar-refractivity contribution in [1.29, 1.82) is 0 Å². The molecule has 11 heavy (non-hydrogen) atoms. The van der Waals surface area contributed by atoms with Gasteiger partial charge < -0.3 is 9.84 Å². The Morgan fingerprint density at radius 2 is 2.09 bits per heavy atom. The molecule has 2 aliphatic heterocycles. The van der Waals surface area contributed by atoms with E-state index in [0.29, 0.717) is 0 Å². The monoisotopic (exact) mass is 156 g/mol. The van der Waals surface area contributed by atoms with Crippen molar-refractivity contribution in [3.8, 4) is 0 Å². The molecule has 2 nitrogen and oxygen atoms in total. The molecule has 2 heteroatoms. The van der Waals surface area contributed by atoms with Crippen LogP contribution in [0.15, 0.2) is 0 Å². The van der Waals surface area contributed by atoms with Gasteiger partial charge in [0.2, 0.25) is 0 Å². The molecule has 0 radical (unpaired) electrons. The Bertz CT molecular complexity index is 180. The number of aliphatic hydroxyl groups is 1. The fourth-order valence-electron chi connectivity index (χ4n) is 2.48. The summed E-state index contributed by atoms with van der Waals surface area (Å²) in [6.07, 6.45) is 3.91. The maximum absolute atomic E-state index is 9.70. The van der Waals surface area contributed by atoms with Crippen LogP contribution in [-0.2, 0) is 4.74 Å². The highest BCUT2D eigenvalue weighted by molar-refractivity contribution is 5.02. The van der Waals surface area contributed by atoms with Gasteiger partial charge in [-0.25, -0.2) is 0 Å². The van der Waals surface area contributed by atoms with E-state index in [1.54, 1.807) is 0 Å². The van der Waals surface area contributed by atoms with Gasteiger partial charge >= 0.3 is 0 Å². The van der Waals surface area contributed by atoms with E-state index < -0.39 is 0 Å². The molecule has 2 rings (SSSR count). The van der Waals surface area contributed by atoms with Crippen LogP contribution in [0.2, 0.25) is 0 Å². The summed E-state index contributed by atoms with van der Waals surface area (Å²) in [5.74, 6) is 0. The third-order valence-electron chi connectivity index (χ3n) is 3.19. The molecule has 64 valence electrons. The molecule has 1 N–H and O–H groups in total. The second kappa shape index (κ2) is 1.99. The maximum atomic E-state index is 9.70. The summed E-state index contributed by atoms with van der Waals surface area (Å²) in [7, 11) is 0. The van der Waals surface area contributed by atoms with E-state index in [1.807, 2.05) is 6.92 Å². The van der Waals surface area contributed by atoms with Crippen molar-refractivity contribution in [2.45, 2.75) is 56.8 Å². The van der Waals surface area contributed by atoms with Crippen molar-refractivity contribution in [1.82, 2.24) is 0 Å². The quantitative estimate of drug-likeness (QED) is 0.575. The van der Waals surface area contributed by atoms with Crippen LogP contribution < -0.4 is 0 Å². The van der Waals surface area contributed by atoms with Gasteiger partial charge in [0, 0.05) is 6.42 Å². The number of aliphatic hydroxyl groups excluding tert-OH is 1. The lowest BCUT2D eigenvalue weighted by atomic mass is 9.94. The summed E-state index contributed by atoms with van der Waals surface area (Å²) < 4.78 is 5.83. The van der Waals surface area contributed by atoms with Crippen LogP contribution in [0.5, 0.6) is 0 Å². The van der Waals surface area contributed by atoms with Gasteiger partial charge in [-0.1, -0.05) is 0 Å². The predicted molar refractivity (Wildman–Crippen MR) is 42.4 cm³/mol. The fourth-order valence-corrected chi connectivity index (χ4v) is 2.48. The lowest BCUT2D eigenvalue weighted by Gasteiger charge is -2.36. The van der Waals surface area contributed by atoms with Crippen LogP contribution >= 0.6 is 0 Å². The average molecular weight is 156 g/mol. The Morgan fingerprint density at radius 1 is 1.36 bits per heavy atom. The minimum Gasteiger partial charge on any atom is -0.390 e. The molecule has 2 aliphatic rings. The topological polar surface area (TPSA) is 29.5 Å². The van der Waals surface area contributed by atoms with Gasteiger partial charge in [-0.05, 0) is 33.1 Å². The number of fused-ring (bicyclic) bond motifs is 2. The number of hydrogen-bond acceptors (Lipinski definition) is 2. The summed E-state index contributed by atoms with van der Waals surface area (Å²) in [6.45, 7) is 4.14. The molecule has 0 aromatic carbocycles. The molecule has 2 heterocycles. The molecule has 3 atom stereocenters. The first-order chi connectivity index (χ1) is 5.04. The Kier molecular flexibility index (Phi) is 1.37. The van der Waals surface area contributed by atoms with E-state index >= 15 is 0 Å². The maximum Gasteiger partial charge on any atom is 0.0920 e. The minimum atomic E-state index is -0.241. The Morgan fingerprint density at radius 3 is 2.64 bits per heavy atom. The molecule has 0 unspecified atom stereocenters. The van der Waals surface area contributed by atoms with Gasteiger partial charge in [0.1, 0.15) is 0 Å². The zero-order valence-corrected chi connectivity index (χ0v) is 7.26. The summed E-state index contributed by atoms with van der Waals surface area (Å²) in [4.78, 5) is 0. The second-order valence-electron chi connectivity index (χ2n) is 4.44. The molecule has 2 saturated heterocycles. The van der Waals surface area contributed by atoms with Crippen molar-refractivity contribution in [3.05, 3.63) is 0 Å². The predicted octanol–water partition coefficient (Wildman–Crippen LogP) is 1.47. The van der Waals surface area contributed by atoms with Gasteiger partial charge in [-0.2, -0.15) is 0 Å². The highest BCUT2D eigenvalue weighted by Gasteiger charge is 2.52. The Hall–Kier alpha value is -0.0800. The van der Waals surface area contributed by atoms with E-state index in [-0.39, 0.29) is 17.3 Å². The third kappa shape index (κ3) is 1.00. The third-order valence-corrected chi connectivity index (χ3v) is 3.19. The zero-order valence-electron chi connectivity index (χ0n) is 7.26. The van der Waals surface area contributed by atoms with E-state index in [1.165, 1.54) is 6.42 Å². The van der Waals surface area contributed by atoms with Gasteiger partial charge in [0.25, 0.3) is 0 Å². The largest absolute Gasteiger partial charge is 0.390 e. The Balaban J connectivity index is 2.26. The SMILES string of the molecule is C[C@]12CCC[C@](C)(O1)[C@H](O)C2. The molecule has 0 aromatic rings. The van der Waals surface area contributed by atoms with Crippen LogP contribution in [0.25, 0.3) is 0 Å². The van der Waals surface area contributed by atoms with E-state index in [4.69, 9.17) is 4.74 Å². The van der Waals surface area contributed by atoms with Crippen molar-refractivity contribution >= 4 is 0 Å². The highest BCUT2D eigenvalue weighted by Crippen LogP contribution is 2.47. The van der Waals surface area contributed by atoms with Crippen LogP contribution in [0.4, 0.5) is 0 Å². The first-order valence-corrected chi connectivity index (χ1v) is 4.42. The van der Waals surface area contributed by atoms with E-state index in [2.05, 4.69) is 6.92 Å². The molecule has 0 amide bonds. The van der Waals surface area contributed by atoms with Gasteiger partial charge in [0.05, 0.1) is 17.3 Å². The second-order valence-corrected chi connectivity index (χ2v) is 4.44. The lowest BCUT2D eigenvalue weighted by Crippen LogP contribution is -2.39. The van der Waals surface area contributed by atoms with Crippen LogP contribution in [0.1, 0.15) is 39.5 Å². The normalized spacial score (nSPS) is 56.5. The van der Waals surface area contributed by atoms with E-state index in [0.717, 1.165) is 19.3 Å². The fraction of sp³-hybridized carbons (Fsp3) is 1.00. The minimum absolute atomic E-state index is 0.0214. The standard InChI is InChI=1S/C9H16O2/c1-8-4-3-5-9(2,11-8)7(10)6-8/h7,10H,3-6H2,1-2H3/t7-,8-,9+/m1/s1. The summed E-state index contributed by atoms with van der Waals surface area (Å²) in [5.41, 5.74) is -0.251. The smallest absolute Gasteiger partial charge is 0.0920 e. The van der Waals surface area contributed by atoms with E-state index in [9.17, 15) is 5.11 Å². The first kappa shape index (κ1) is 7.56. The van der Waals surface area contributed by atoms with Crippen molar-refractivity contribution < 1.29 is 9.84 Å². The van der Waals surface area contributed by atoms with Gasteiger partial charge in [-0.15, -0.1) is 0 Å². The highest BCUT2D eigenvalue weighted by atomic mass is 16.5. The van der Waals surface area contributed by atoms with Gasteiger partial charge in [0.15, 0.2) is 0 Å². The number of ether oxygens (including phenoxy) is 1. The molecule has 0 spiro atoms. The lowest BCUT2D eigenvalue weighted by molar-refractivity contribution is -0.139. The van der Waals surface area contributed by atoms with Crippen LogP contribution in [0, 0.1) is 0 Å². The van der Waals surface area contributed by atoms with Crippen LogP contribution in [0.3, 0.4) is 0 Å². The summed E-state index contributed by atoms with van der Waals surface area (Å²) >= 11 is 0. The first-order valence-electron chi connectivity index (χ1n) is 4.42. The molecular weight excluding hydrogens is 140 g/mol. The zero-order chi connectivity index (χ0) is 8.11. The van der Waals surface area contributed by atoms with Gasteiger partial charge in [-0.3, -0.25) is 0 Å². The van der Waals surface area contributed by atoms with Crippen LogP contribution in [-0.4, -0.2) is 22.4 Å². The molecule has 0 aromatic heterocycles.